The van der Waals surface area contributed by atoms with E-state index in [9.17, 15) is 4.79 Å². The third-order valence-corrected chi connectivity index (χ3v) is 3.47. The first-order valence-electron chi connectivity index (χ1n) is 6.89. The predicted octanol–water partition coefficient (Wildman–Crippen LogP) is 1.63. The van der Waals surface area contributed by atoms with Gasteiger partial charge in [-0.25, -0.2) is 0 Å². The highest BCUT2D eigenvalue weighted by atomic mass is 16.5. The van der Waals surface area contributed by atoms with Gasteiger partial charge in [-0.1, -0.05) is 30.3 Å². The highest BCUT2D eigenvalue weighted by molar-refractivity contribution is 5.81. The van der Waals surface area contributed by atoms with Crippen molar-refractivity contribution in [3.63, 3.8) is 0 Å². The number of benzene rings is 1. The van der Waals surface area contributed by atoms with Crippen molar-refractivity contribution in [2.75, 3.05) is 20.3 Å². The first-order valence-corrected chi connectivity index (χ1v) is 6.89. The Morgan fingerprint density at radius 1 is 1.37 bits per heavy atom. The lowest BCUT2D eigenvalue weighted by Gasteiger charge is -2.24. The van der Waals surface area contributed by atoms with E-state index < -0.39 is 0 Å². The van der Waals surface area contributed by atoms with Gasteiger partial charge in [-0.15, -0.1) is 0 Å². The zero-order valence-electron chi connectivity index (χ0n) is 11.4. The molecular formula is C15H22N2O2. The van der Waals surface area contributed by atoms with Crippen molar-refractivity contribution < 1.29 is 9.53 Å². The van der Waals surface area contributed by atoms with E-state index in [0.717, 1.165) is 31.4 Å². The minimum absolute atomic E-state index is 0.0556. The molecule has 2 rings (SSSR count). The van der Waals surface area contributed by atoms with Crippen molar-refractivity contribution in [2.24, 2.45) is 0 Å². The van der Waals surface area contributed by atoms with Crippen LogP contribution in [-0.2, 0) is 9.53 Å². The molecule has 0 bridgehead atoms. The fraction of sp³-hybridized carbons (Fsp3) is 0.533. The molecule has 0 spiro atoms. The average molecular weight is 262 g/mol. The lowest BCUT2D eigenvalue weighted by atomic mass is 10.0. The lowest BCUT2D eigenvalue weighted by molar-refractivity contribution is -0.123. The third kappa shape index (κ3) is 4.04. The smallest absolute Gasteiger partial charge is 0.237 e. The number of ether oxygens (including phenoxy) is 1. The largest absolute Gasteiger partial charge is 0.383 e. The van der Waals surface area contributed by atoms with E-state index in [4.69, 9.17) is 4.74 Å². The molecule has 1 aliphatic heterocycles. The van der Waals surface area contributed by atoms with Crippen LogP contribution in [0.1, 0.15) is 30.9 Å². The monoisotopic (exact) mass is 262 g/mol. The Labute approximate surface area is 114 Å². The van der Waals surface area contributed by atoms with E-state index in [1.807, 2.05) is 18.2 Å². The van der Waals surface area contributed by atoms with Gasteiger partial charge in [-0.3, -0.25) is 10.1 Å². The molecule has 1 saturated heterocycles. The molecule has 2 unspecified atom stereocenters. The molecule has 0 radical (unpaired) electrons. The van der Waals surface area contributed by atoms with Crippen molar-refractivity contribution in [3.8, 4) is 0 Å². The zero-order valence-corrected chi connectivity index (χ0v) is 11.4. The van der Waals surface area contributed by atoms with Crippen LogP contribution in [0.2, 0.25) is 0 Å². The molecule has 4 nitrogen and oxygen atoms in total. The molecule has 1 aromatic rings. The molecule has 2 N–H and O–H groups in total. The van der Waals surface area contributed by atoms with Crippen LogP contribution >= 0.6 is 0 Å². The van der Waals surface area contributed by atoms with Crippen molar-refractivity contribution in [1.29, 1.82) is 0 Å². The van der Waals surface area contributed by atoms with Gasteiger partial charge in [0, 0.05) is 13.7 Å². The number of carbonyl (C=O) groups excluding carboxylic acids is 1. The molecule has 4 heteroatoms. The molecule has 1 aliphatic rings. The van der Waals surface area contributed by atoms with E-state index in [0.29, 0.717) is 6.61 Å². The van der Waals surface area contributed by atoms with Crippen LogP contribution in [0.25, 0.3) is 0 Å². The van der Waals surface area contributed by atoms with Gasteiger partial charge >= 0.3 is 0 Å². The Morgan fingerprint density at radius 2 is 2.16 bits per heavy atom. The predicted molar refractivity (Wildman–Crippen MR) is 74.8 cm³/mol. The first kappa shape index (κ1) is 14.0. The van der Waals surface area contributed by atoms with E-state index >= 15 is 0 Å². The van der Waals surface area contributed by atoms with Crippen molar-refractivity contribution in [2.45, 2.75) is 31.3 Å². The number of rotatable bonds is 5. The number of hydrogen-bond acceptors (Lipinski definition) is 3. The quantitative estimate of drug-likeness (QED) is 0.848. The number of carbonyl (C=O) groups is 1. The molecule has 0 aromatic heterocycles. The number of nitrogens with one attached hydrogen (secondary N) is 2. The molecule has 0 saturated carbocycles. The zero-order chi connectivity index (χ0) is 13.5. The van der Waals surface area contributed by atoms with Crippen LogP contribution < -0.4 is 10.6 Å². The topological polar surface area (TPSA) is 50.4 Å². The van der Waals surface area contributed by atoms with Crippen LogP contribution in [0.4, 0.5) is 0 Å². The summed E-state index contributed by atoms with van der Waals surface area (Å²) in [5.74, 6) is 0.106. The number of hydrogen-bond donors (Lipinski definition) is 2. The van der Waals surface area contributed by atoms with E-state index in [-0.39, 0.29) is 18.0 Å². The Hall–Kier alpha value is -1.39. The van der Waals surface area contributed by atoms with Gasteiger partial charge in [0.15, 0.2) is 0 Å². The van der Waals surface area contributed by atoms with Gasteiger partial charge in [0.1, 0.15) is 0 Å². The van der Waals surface area contributed by atoms with Crippen molar-refractivity contribution in [3.05, 3.63) is 35.9 Å². The Bertz CT molecular complexity index is 394. The normalized spacial score (nSPS) is 21.5. The van der Waals surface area contributed by atoms with Crippen LogP contribution in [0, 0.1) is 0 Å². The van der Waals surface area contributed by atoms with Crippen LogP contribution in [0.5, 0.6) is 0 Å². The maximum absolute atomic E-state index is 12.0. The summed E-state index contributed by atoms with van der Waals surface area (Å²) in [4.78, 5) is 12.0. The number of amides is 1. The summed E-state index contributed by atoms with van der Waals surface area (Å²) < 4.78 is 5.27. The second kappa shape index (κ2) is 7.26. The average Bonchev–Trinajstić information content (AvgIpc) is 2.64. The summed E-state index contributed by atoms with van der Waals surface area (Å²) in [5, 5.41) is 6.38. The standard InChI is InChI=1S/C15H22N2O2/c1-19-11-14(12-7-3-2-4-8-12)17-13-9-5-6-10-16-15(13)18/h2-4,7-8,13-14,17H,5-6,9-11H2,1H3,(H,16,18). The van der Waals surface area contributed by atoms with Gasteiger partial charge in [-0.2, -0.15) is 0 Å². The van der Waals surface area contributed by atoms with Crippen LogP contribution in [-0.4, -0.2) is 32.2 Å². The molecular weight excluding hydrogens is 240 g/mol. The number of methoxy groups -OCH3 is 1. The summed E-state index contributed by atoms with van der Waals surface area (Å²) in [6.45, 7) is 1.35. The summed E-state index contributed by atoms with van der Waals surface area (Å²) in [5.41, 5.74) is 1.15. The Balaban J connectivity index is 2.05. The Morgan fingerprint density at radius 3 is 2.89 bits per heavy atom. The van der Waals surface area contributed by atoms with Gasteiger partial charge in [-0.05, 0) is 24.8 Å². The maximum atomic E-state index is 12.0. The molecule has 19 heavy (non-hydrogen) atoms. The summed E-state index contributed by atoms with van der Waals surface area (Å²) in [6.07, 6.45) is 3.02. The fourth-order valence-corrected chi connectivity index (χ4v) is 2.43. The van der Waals surface area contributed by atoms with E-state index in [1.165, 1.54) is 0 Å². The van der Waals surface area contributed by atoms with Gasteiger partial charge < -0.3 is 10.1 Å². The minimum Gasteiger partial charge on any atom is -0.383 e. The molecule has 0 aliphatic carbocycles. The minimum atomic E-state index is -0.122. The lowest BCUT2D eigenvalue weighted by Crippen LogP contribution is -2.45. The third-order valence-electron chi connectivity index (χ3n) is 3.47. The molecule has 1 amide bonds. The highest BCUT2D eigenvalue weighted by Gasteiger charge is 2.24. The molecule has 1 aromatic carbocycles. The fourth-order valence-electron chi connectivity index (χ4n) is 2.43. The van der Waals surface area contributed by atoms with Gasteiger partial charge in [0.2, 0.25) is 5.91 Å². The second-order valence-electron chi connectivity index (χ2n) is 4.92. The maximum Gasteiger partial charge on any atom is 0.237 e. The van der Waals surface area contributed by atoms with Crippen LogP contribution in [0.3, 0.4) is 0 Å². The van der Waals surface area contributed by atoms with Crippen LogP contribution in [0.15, 0.2) is 30.3 Å². The second-order valence-corrected chi connectivity index (χ2v) is 4.92. The van der Waals surface area contributed by atoms with E-state index in [1.54, 1.807) is 7.11 Å². The van der Waals surface area contributed by atoms with Gasteiger partial charge in [0.25, 0.3) is 0 Å². The Kier molecular flexibility index (Phi) is 5.36. The van der Waals surface area contributed by atoms with E-state index in [2.05, 4.69) is 22.8 Å². The molecule has 1 fully saturated rings. The molecule has 2 atom stereocenters. The highest BCUT2D eigenvalue weighted by Crippen LogP contribution is 2.16. The van der Waals surface area contributed by atoms with Gasteiger partial charge in [0.05, 0.1) is 18.7 Å². The molecule has 1 heterocycles. The van der Waals surface area contributed by atoms with Crippen molar-refractivity contribution in [1.82, 2.24) is 10.6 Å². The molecule has 104 valence electrons. The first-order chi connectivity index (χ1) is 9.31. The summed E-state index contributed by atoms with van der Waals surface area (Å²) in [7, 11) is 1.69. The van der Waals surface area contributed by atoms with Crippen molar-refractivity contribution >= 4 is 5.91 Å². The summed E-state index contributed by atoms with van der Waals surface area (Å²) in [6, 6.07) is 10.1. The summed E-state index contributed by atoms with van der Waals surface area (Å²) >= 11 is 0. The SMILES string of the molecule is COCC(NC1CCCCNC1=O)c1ccccc1.